The zero-order chi connectivity index (χ0) is 6.15. The zero-order valence-corrected chi connectivity index (χ0v) is 6.01. The Balaban J connectivity index is 3.14. The summed E-state index contributed by atoms with van der Waals surface area (Å²) in [6.07, 6.45) is 0. The standard InChI is InChI=1S/C4H5BrN3/c1-3-4(5)7-8(2)6-3/h1H2,2H3. The van der Waals surface area contributed by atoms with Gasteiger partial charge >= 0.3 is 0 Å². The van der Waals surface area contributed by atoms with Gasteiger partial charge in [0, 0.05) is 14.0 Å². The molecule has 1 radical (unpaired) electrons. The largest absolute Gasteiger partial charge is 0.187 e. The molecule has 0 saturated heterocycles. The van der Waals surface area contributed by atoms with Gasteiger partial charge in [-0.25, -0.2) is 0 Å². The van der Waals surface area contributed by atoms with Crippen LogP contribution in [0.1, 0.15) is 5.69 Å². The number of aryl methyl sites for hydroxylation is 1. The Bertz CT molecular complexity index is 174. The van der Waals surface area contributed by atoms with E-state index in [0.717, 1.165) is 0 Å². The molecule has 3 nitrogen and oxygen atoms in total. The predicted octanol–water partition coefficient (Wildman–Crippen LogP) is 0.760. The Kier molecular flexibility index (Phi) is 1.33. The minimum atomic E-state index is 0.674. The average molecular weight is 175 g/mol. The molecule has 0 aliphatic carbocycles. The quantitative estimate of drug-likeness (QED) is 0.582. The molecular weight excluding hydrogens is 170 g/mol. The number of rotatable bonds is 0. The monoisotopic (exact) mass is 174 g/mol. The molecule has 1 aromatic heterocycles. The van der Waals surface area contributed by atoms with Crippen LogP contribution in [0.5, 0.6) is 0 Å². The van der Waals surface area contributed by atoms with Gasteiger partial charge in [0.05, 0.1) is 5.69 Å². The van der Waals surface area contributed by atoms with Crippen LogP contribution in [0.15, 0.2) is 4.60 Å². The second kappa shape index (κ2) is 1.85. The number of halogens is 1. The summed E-state index contributed by atoms with van der Waals surface area (Å²) in [7, 11) is 1.75. The van der Waals surface area contributed by atoms with Gasteiger partial charge in [-0.2, -0.15) is 9.90 Å². The van der Waals surface area contributed by atoms with Crippen molar-refractivity contribution in [2.24, 2.45) is 7.05 Å². The van der Waals surface area contributed by atoms with E-state index in [0.29, 0.717) is 10.3 Å². The van der Waals surface area contributed by atoms with Gasteiger partial charge in [0.25, 0.3) is 0 Å². The third kappa shape index (κ3) is 0.888. The molecule has 4 heteroatoms. The van der Waals surface area contributed by atoms with E-state index in [1.165, 1.54) is 4.80 Å². The van der Waals surface area contributed by atoms with Crippen molar-refractivity contribution >= 4 is 15.9 Å². The number of aromatic nitrogens is 3. The molecule has 0 aliphatic rings. The zero-order valence-electron chi connectivity index (χ0n) is 4.43. The predicted molar refractivity (Wildman–Crippen MR) is 33.2 cm³/mol. The van der Waals surface area contributed by atoms with Crippen LogP contribution in [0, 0.1) is 6.92 Å². The fraction of sp³-hybridized carbons (Fsp3) is 0.250. The fourth-order valence-corrected chi connectivity index (χ4v) is 0.732. The van der Waals surface area contributed by atoms with Crippen LogP contribution in [-0.4, -0.2) is 15.0 Å². The third-order valence-corrected chi connectivity index (χ3v) is 1.35. The summed E-state index contributed by atoms with van der Waals surface area (Å²) >= 11 is 3.16. The maximum absolute atomic E-state index is 3.87. The van der Waals surface area contributed by atoms with Crippen molar-refractivity contribution in [3.8, 4) is 0 Å². The second-order valence-electron chi connectivity index (χ2n) is 1.43. The topological polar surface area (TPSA) is 30.7 Å². The Morgan fingerprint density at radius 2 is 2.25 bits per heavy atom. The molecular formula is C4H5BrN3. The molecule has 1 aromatic rings. The molecule has 0 N–H and O–H groups in total. The highest BCUT2D eigenvalue weighted by atomic mass is 79.9. The highest BCUT2D eigenvalue weighted by Crippen LogP contribution is 2.06. The SMILES string of the molecule is [CH2]c1nn(C)nc1Br. The lowest BCUT2D eigenvalue weighted by molar-refractivity contribution is 0.649. The van der Waals surface area contributed by atoms with Crippen LogP contribution in [0.2, 0.25) is 0 Å². The second-order valence-corrected chi connectivity index (χ2v) is 2.18. The summed E-state index contributed by atoms with van der Waals surface area (Å²) in [5.41, 5.74) is 0.674. The van der Waals surface area contributed by atoms with Gasteiger partial charge in [0.2, 0.25) is 0 Å². The normalized spacial score (nSPS) is 9.88. The lowest BCUT2D eigenvalue weighted by atomic mass is 10.6. The summed E-state index contributed by atoms with van der Waals surface area (Å²) in [5, 5.41) is 7.73. The van der Waals surface area contributed by atoms with Gasteiger partial charge in [0.15, 0.2) is 4.60 Å². The molecule has 0 unspecified atom stereocenters. The van der Waals surface area contributed by atoms with E-state index in [2.05, 4.69) is 33.1 Å². The molecule has 0 aliphatic heterocycles. The van der Waals surface area contributed by atoms with Crippen molar-refractivity contribution in [2.45, 2.75) is 0 Å². The number of hydrogen-bond donors (Lipinski definition) is 0. The lowest BCUT2D eigenvalue weighted by Gasteiger charge is -1.76. The highest BCUT2D eigenvalue weighted by Gasteiger charge is 1.97. The van der Waals surface area contributed by atoms with Crippen LogP contribution in [-0.2, 0) is 7.05 Å². The third-order valence-electron chi connectivity index (χ3n) is 0.736. The first-order valence-electron chi connectivity index (χ1n) is 2.09. The lowest BCUT2D eigenvalue weighted by Crippen LogP contribution is -1.91. The van der Waals surface area contributed by atoms with Crippen molar-refractivity contribution in [3.05, 3.63) is 17.2 Å². The summed E-state index contributed by atoms with van der Waals surface area (Å²) in [6, 6.07) is 0. The van der Waals surface area contributed by atoms with Crippen molar-refractivity contribution in [1.29, 1.82) is 0 Å². The summed E-state index contributed by atoms with van der Waals surface area (Å²) in [5.74, 6) is 0. The molecule has 0 spiro atoms. The van der Waals surface area contributed by atoms with Crippen molar-refractivity contribution in [2.75, 3.05) is 0 Å². The summed E-state index contributed by atoms with van der Waals surface area (Å²) in [4.78, 5) is 1.46. The Hall–Kier alpha value is -0.380. The maximum atomic E-state index is 3.87. The molecule has 0 aromatic carbocycles. The van der Waals surface area contributed by atoms with Gasteiger partial charge in [-0.05, 0) is 15.9 Å². The Labute approximate surface area is 55.8 Å². The van der Waals surface area contributed by atoms with E-state index < -0.39 is 0 Å². The molecule has 0 amide bonds. The molecule has 8 heavy (non-hydrogen) atoms. The van der Waals surface area contributed by atoms with Crippen molar-refractivity contribution in [3.63, 3.8) is 0 Å². The Morgan fingerprint density at radius 3 is 2.38 bits per heavy atom. The van der Waals surface area contributed by atoms with E-state index in [1.807, 2.05) is 0 Å². The summed E-state index contributed by atoms with van der Waals surface area (Å²) in [6.45, 7) is 3.60. The molecule has 0 atom stereocenters. The van der Waals surface area contributed by atoms with Crippen molar-refractivity contribution < 1.29 is 0 Å². The van der Waals surface area contributed by atoms with Gasteiger partial charge in [-0.15, -0.1) is 5.10 Å². The fourth-order valence-electron chi connectivity index (χ4n) is 0.423. The van der Waals surface area contributed by atoms with Crippen LogP contribution < -0.4 is 0 Å². The smallest absolute Gasteiger partial charge is 0.151 e. The first-order valence-corrected chi connectivity index (χ1v) is 2.88. The van der Waals surface area contributed by atoms with Gasteiger partial charge in [0.1, 0.15) is 0 Å². The maximum Gasteiger partial charge on any atom is 0.151 e. The van der Waals surface area contributed by atoms with Gasteiger partial charge in [-0.1, -0.05) is 0 Å². The molecule has 0 bridgehead atoms. The highest BCUT2D eigenvalue weighted by molar-refractivity contribution is 9.10. The number of nitrogens with zero attached hydrogens (tertiary/aromatic N) is 3. The average Bonchev–Trinajstić information content (AvgIpc) is 1.85. The van der Waals surface area contributed by atoms with Crippen LogP contribution in [0.25, 0.3) is 0 Å². The first kappa shape index (κ1) is 5.75. The minimum absolute atomic E-state index is 0.674. The van der Waals surface area contributed by atoms with Gasteiger partial charge in [-0.3, -0.25) is 0 Å². The van der Waals surface area contributed by atoms with E-state index >= 15 is 0 Å². The van der Waals surface area contributed by atoms with Gasteiger partial charge < -0.3 is 0 Å². The molecule has 0 saturated carbocycles. The van der Waals surface area contributed by atoms with Crippen LogP contribution in [0.3, 0.4) is 0 Å². The van der Waals surface area contributed by atoms with E-state index in [4.69, 9.17) is 0 Å². The molecule has 43 valence electrons. The van der Waals surface area contributed by atoms with Crippen LogP contribution >= 0.6 is 15.9 Å². The first-order chi connectivity index (χ1) is 3.70. The molecule has 0 fully saturated rings. The number of hydrogen-bond acceptors (Lipinski definition) is 2. The van der Waals surface area contributed by atoms with Crippen LogP contribution in [0.4, 0.5) is 0 Å². The molecule has 1 rings (SSSR count). The molecule has 1 heterocycles. The Morgan fingerprint density at radius 1 is 1.62 bits per heavy atom. The van der Waals surface area contributed by atoms with E-state index in [-0.39, 0.29) is 0 Å². The van der Waals surface area contributed by atoms with Crippen molar-refractivity contribution in [1.82, 2.24) is 15.0 Å². The summed E-state index contributed by atoms with van der Waals surface area (Å²) < 4.78 is 0.708. The van der Waals surface area contributed by atoms with E-state index in [9.17, 15) is 0 Å². The minimum Gasteiger partial charge on any atom is -0.187 e. The van der Waals surface area contributed by atoms with E-state index in [1.54, 1.807) is 7.05 Å².